The highest BCUT2D eigenvalue weighted by atomic mass is 32.2. The number of alkyl halides is 2. The van der Waals surface area contributed by atoms with Gasteiger partial charge < -0.3 is 5.11 Å². The van der Waals surface area contributed by atoms with Crippen molar-refractivity contribution >= 4 is 16.0 Å². The van der Waals surface area contributed by atoms with E-state index in [1.54, 1.807) is 0 Å². The molecule has 8 heteroatoms. The van der Waals surface area contributed by atoms with Crippen LogP contribution in [-0.2, 0) is 23.1 Å². The molecular formula is C10H9F2NO4S. The first kappa shape index (κ1) is 12.9. The number of carboxylic acids is 1. The number of aromatic carboxylic acids is 1. The monoisotopic (exact) mass is 277 g/mol. The summed E-state index contributed by atoms with van der Waals surface area (Å²) in [5.74, 6) is -4.61. The van der Waals surface area contributed by atoms with E-state index in [-0.39, 0.29) is 18.7 Å². The Morgan fingerprint density at radius 1 is 1.28 bits per heavy atom. The lowest BCUT2D eigenvalue weighted by Crippen LogP contribution is -2.30. The highest BCUT2D eigenvalue weighted by Gasteiger charge is 2.36. The van der Waals surface area contributed by atoms with E-state index in [0.717, 1.165) is 0 Å². The summed E-state index contributed by atoms with van der Waals surface area (Å²) in [6, 6.07) is 4.07. The molecule has 2 rings (SSSR count). The summed E-state index contributed by atoms with van der Waals surface area (Å²) < 4.78 is 47.9. The molecule has 0 bridgehead atoms. The first-order valence-corrected chi connectivity index (χ1v) is 6.45. The van der Waals surface area contributed by atoms with E-state index in [4.69, 9.17) is 5.11 Å². The van der Waals surface area contributed by atoms with Gasteiger partial charge in [0.1, 0.15) is 0 Å². The first-order valence-electron chi connectivity index (χ1n) is 4.94. The van der Waals surface area contributed by atoms with Crippen molar-refractivity contribution in [3.8, 4) is 0 Å². The molecule has 1 aromatic carbocycles. The smallest absolute Gasteiger partial charge is 0.350 e. The molecule has 0 radical (unpaired) electrons. The molecule has 0 aliphatic carbocycles. The van der Waals surface area contributed by atoms with E-state index in [0.29, 0.717) is 15.4 Å². The van der Waals surface area contributed by atoms with Gasteiger partial charge >= 0.3 is 11.7 Å². The van der Waals surface area contributed by atoms with Crippen LogP contribution in [0, 0.1) is 0 Å². The molecule has 1 heterocycles. The lowest BCUT2D eigenvalue weighted by molar-refractivity contribution is 0.0696. The van der Waals surface area contributed by atoms with E-state index in [9.17, 15) is 22.0 Å². The second-order valence-corrected chi connectivity index (χ2v) is 5.76. The number of hydrogen-bond donors (Lipinski definition) is 1. The summed E-state index contributed by atoms with van der Waals surface area (Å²) in [6.07, 6.45) is 0. The Morgan fingerprint density at radius 3 is 2.44 bits per heavy atom. The number of carbonyl (C=O) groups is 1. The first-order chi connectivity index (χ1) is 8.32. The third kappa shape index (κ3) is 2.08. The fourth-order valence-electron chi connectivity index (χ4n) is 1.79. The summed E-state index contributed by atoms with van der Waals surface area (Å²) in [5.41, 5.74) is 0.994. The summed E-state index contributed by atoms with van der Waals surface area (Å²) >= 11 is 0. The molecule has 0 unspecified atom stereocenters. The predicted octanol–water partition coefficient (Wildman–Crippen LogP) is 1.25. The van der Waals surface area contributed by atoms with Crippen LogP contribution < -0.4 is 0 Å². The Morgan fingerprint density at radius 2 is 1.89 bits per heavy atom. The minimum atomic E-state index is -4.62. The van der Waals surface area contributed by atoms with Crippen molar-refractivity contribution in [1.29, 1.82) is 0 Å². The van der Waals surface area contributed by atoms with Crippen LogP contribution >= 0.6 is 0 Å². The molecule has 18 heavy (non-hydrogen) atoms. The summed E-state index contributed by atoms with van der Waals surface area (Å²) in [7, 11) is -4.62. The van der Waals surface area contributed by atoms with E-state index >= 15 is 0 Å². The van der Waals surface area contributed by atoms with Gasteiger partial charge in [-0.2, -0.15) is 13.1 Å². The molecule has 0 aromatic heterocycles. The normalized spacial score (nSPS) is 15.9. The van der Waals surface area contributed by atoms with E-state index < -0.39 is 21.8 Å². The second kappa shape index (κ2) is 4.29. The molecule has 0 amide bonds. The van der Waals surface area contributed by atoms with Crippen LogP contribution in [-0.4, -0.2) is 29.6 Å². The van der Waals surface area contributed by atoms with Gasteiger partial charge in [-0.25, -0.2) is 13.2 Å². The molecule has 1 aliphatic heterocycles. The number of halogens is 2. The van der Waals surface area contributed by atoms with Crippen LogP contribution in [0.1, 0.15) is 21.5 Å². The zero-order valence-corrected chi connectivity index (χ0v) is 9.82. The molecule has 1 N–H and O–H groups in total. The predicted molar refractivity (Wildman–Crippen MR) is 57.6 cm³/mol. The largest absolute Gasteiger partial charge is 0.478 e. The quantitative estimate of drug-likeness (QED) is 0.902. The topological polar surface area (TPSA) is 74.7 Å². The number of sulfonamides is 1. The van der Waals surface area contributed by atoms with Gasteiger partial charge in [0.05, 0.1) is 5.56 Å². The molecule has 0 fully saturated rings. The molecule has 0 saturated carbocycles. The maximum absolute atomic E-state index is 12.4. The minimum absolute atomic E-state index is 0.00467. The molecule has 1 aliphatic rings. The number of carboxylic acid groups (broad SMARTS) is 1. The molecular weight excluding hydrogens is 268 g/mol. The van der Waals surface area contributed by atoms with Gasteiger partial charge in [0.15, 0.2) is 0 Å². The fourth-order valence-corrected chi connectivity index (χ4v) is 2.65. The maximum Gasteiger partial charge on any atom is 0.350 e. The highest BCUT2D eigenvalue weighted by molar-refractivity contribution is 7.89. The van der Waals surface area contributed by atoms with Gasteiger partial charge in [-0.3, -0.25) is 0 Å². The standard InChI is InChI=1S/C10H9F2NO4S/c11-10(12)18(16,17)13-4-7-2-1-6(9(14)15)3-8(7)5-13/h1-3,10H,4-5H2,(H,14,15). The van der Waals surface area contributed by atoms with Crippen LogP contribution in [0.2, 0.25) is 0 Å². The van der Waals surface area contributed by atoms with E-state index in [1.165, 1.54) is 18.2 Å². The molecule has 5 nitrogen and oxygen atoms in total. The number of benzene rings is 1. The average Bonchev–Trinajstić information content (AvgIpc) is 2.71. The van der Waals surface area contributed by atoms with Crippen molar-refractivity contribution in [2.45, 2.75) is 18.8 Å². The number of hydrogen-bond acceptors (Lipinski definition) is 3. The fraction of sp³-hybridized carbons (Fsp3) is 0.300. The van der Waals surface area contributed by atoms with Crippen molar-refractivity contribution in [2.24, 2.45) is 0 Å². The average molecular weight is 277 g/mol. The Balaban J connectivity index is 2.31. The van der Waals surface area contributed by atoms with Gasteiger partial charge in [0, 0.05) is 13.1 Å². The summed E-state index contributed by atoms with van der Waals surface area (Å²) in [6.45, 7) is -0.370. The molecule has 0 saturated heterocycles. The van der Waals surface area contributed by atoms with Crippen molar-refractivity contribution in [2.75, 3.05) is 0 Å². The molecule has 0 spiro atoms. The molecule has 98 valence electrons. The summed E-state index contributed by atoms with van der Waals surface area (Å²) in [4.78, 5) is 10.7. The lowest BCUT2D eigenvalue weighted by Gasteiger charge is -2.13. The number of fused-ring (bicyclic) bond motifs is 1. The molecule has 1 aromatic rings. The van der Waals surface area contributed by atoms with Gasteiger partial charge in [-0.1, -0.05) is 6.07 Å². The lowest BCUT2D eigenvalue weighted by atomic mass is 10.1. The number of nitrogens with zero attached hydrogens (tertiary/aromatic N) is 1. The third-order valence-electron chi connectivity index (χ3n) is 2.73. The number of rotatable bonds is 3. The van der Waals surface area contributed by atoms with Crippen LogP contribution in [0.4, 0.5) is 8.78 Å². The van der Waals surface area contributed by atoms with Gasteiger partial charge in [0.25, 0.3) is 10.0 Å². The Bertz CT molecular complexity index is 600. The zero-order valence-electron chi connectivity index (χ0n) is 9.01. The van der Waals surface area contributed by atoms with Crippen LogP contribution in [0.5, 0.6) is 0 Å². The highest BCUT2D eigenvalue weighted by Crippen LogP contribution is 2.28. The maximum atomic E-state index is 12.4. The third-order valence-corrected chi connectivity index (χ3v) is 4.16. The zero-order chi connectivity index (χ0) is 13.5. The van der Waals surface area contributed by atoms with Crippen molar-refractivity contribution < 1.29 is 27.1 Å². The minimum Gasteiger partial charge on any atom is -0.478 e. The van der Waals surface area contributed by atoms with Gasteiger partial charge in [0.2, 0.25) is 0 Å². The van der Waals surface area contributed by atoms with Crippen LogP contribution in [0.15, 0.2) is 18.2 Å². The van der Waals surface area contributed by atoms with Crippen LogP contribution in [0.25, 0.3) is 0 Å². The van der Waals surface area contributed by atoms with Crippen molar-refractivity contribution in [3.63, 3.8) is 0 Å². The Hall–Kier alpha value is -1.54. The molecule has 0 atom stereocenters. The van der Waals surface area contributed by atoms with Crippen molar-refractivity contribution in [3.05, 3.63) is 34.9 Å². The second-order valence-electron chi connectivity index (χ2n) is 3.86. The summed E-state index contributed by atoms with van der Waals surface area (Å²) in [5, 5.41) is 8.78. The van der Waals surface area contributed by atoms with Gasteiger partial charge in [-0.05, 0) is 23.3 Å². The van der Waals surface area contributed by atoms with Gasteiger partial charge in [-0.15, -0.1) is 0 Å². The van der Waals surface area contributed by atoms with E-state index in [2.05, 4.69) is 0 Å². The van der Waals surface area contributed by atoms with Crippen molar-refractivity contribution in [1.82, 2.24) is 4.31 Å². The van der Waals surface area contributed by atoms with E-state index in [1.807, 2.05) is 0 Å². The Labute approximate surface area is 102 Å². The Kier molecular flexibility index (Phi) is 3.07. The van der Waals surface area contributed by atoms with Crippen LogP contribution in [0.3, 0.4) is 0 Å². The SMILES string of the molecule is O=C(O)c1ccc2c(c1)CN(S(=O)(=O)C(F)F)C2.